The van der Waals surface area contributed by atoms with Gasteiger partial charge in [0.15, 0.2) is 0 Å². The summed E-state index contributed by atoms with van der Waals surface area (Å²) < 4.78 is 4.78. The van der Waals surface area contributed by atoms with Gasteiger partial charge in [0.05, 0.1) is 6.61 Å². The van der Waals surface area contributed by atoms with Crippen LogP contribution in [0.25, 0.3) is 0 Å². The molecule has 1 aliphatic rings. The lowest BCUT2D eigenvalue weighted by Crippen LogP contribution is -2.44. The first-order chi connectivity index (χ1) is 5.74. The van der Waals surface area contributed by atoms with Gasteiger partial charge in [-0.25, -0.2) is 0 Å². The maximum absolute atomic E-state index is 11.1. The molecule has 1 N–H and O–H groups in total. The van der Waals surface area contributed by atoms with Crippen LogP contribution in [0.4, 0.5) is 0 Å². The topological polar surface area (TPSA) is 55.4 Å². The van der Waals surface area contributed by atoms with Crippen LogP contribution in [0.15, 0.2) is 0 Å². The van der Waals surface area contributed by atoms with E-state index >= 15 is 0 Å². The Morgan fingerprint density at radius 3 is 3.08 bits per heavy atom. The minimum Gasteiger partial charge on any atom is -0.465 e. The van der Waals surface area contributed by atoms with E-state index in [1.54, 1.807) is 6.92 Å². The van der Waals surface area contributed by atoms with Crippen LogP contribution < -0.4 is 5.32 Å². The van der Waals surface area contributed by atoms with E-state index in [4.69, 9.17) is 4.74 Å². The van der Waals surface area contributed by atoms with Gasteiger partial charge >= 0.3 is 5.97 Å². The summed E-state index contributed by atoms with van der Waals surface area (Å²) in [6, 6.07) is -0.411. The first-order valence-electron chi connectivity index (χ1n) is 4.15. The first-order valence-corrected chi connectivity index (χ1v) is 4.15. The standard InChI is InChI=1S/C8H13NO3/c1-2-12-8(11)7-5-6(10)3-4-9-7/h7,9H,2-5H2,1H3/t7-/m1/s1. The highest BCUT2D eigenvalue weighted by Crippen LogP contribution is 2.04. The summed E-state index contributed by atoms with van der Waals surface area (Å²) in [5.41, 5.74) is 0. The van der Waals surface area contributed by atoms with E-state index in [0.717, 1.165) is 0 Å². The highest BCUT2D eigenvalue weighted by Gasteiger charge is 2.25. The summed E-state index contributed by atoms with van der Waals surface area (Å²) in [5, 5.41) is 2.94. The lowest BCUT2D eigenvalue weighted by Gasteiger charge is -2.20. The van der Waals surface area contributed by atoms with E-state index in [0.29, 0.717) is 19.6 Å². The van der Waals surface area contributed by atoms with Gasteiger partial charge in [0.25, 0.3) is 0 Å². The van der Waals surface area contributed by atoms with Crippen molar-refractivity contribution >= 4 is 11.8 Å². The normalized spacial score (nSPS) is 23.8. The minimum atomic E-state index is -0.411. The van der Waals surface area contributed by atoms with Crippen LogP contribution in [0.3, 0.4) is 0 Å². The molecule has 4 nitrogen and oxygen atoms in total. The Balaban J connectivity index is 2.40. The van der Waals surface area contributed by atoms with Crippen molar-refractivity contribution in [1.82, 2.24) is 5.32 Å². The third kappa shape index (κ3) is 2.30. The predicted octanol–water partition coefficient (Wildman–Crippen LogP) is -0.129. The van der Waals surface area contributed by atoms with Crippen molar-refractivity contribution in [2.75, 3.05) is 13.2 Å². The largest absolute Gasteiger partial charge is 0.465 e. The molecule has 0 amide bonds. The van der Waals surface area contributed by atoms with Gasteiger partial charge in [-0.3, -0.25) is 9.59 Å². The van der Waals surface area contributed by atoms with Crippen LogP contribution in [0.2, 0.25) is 0 Å². The number of esters is 1. The van der Waals surface area contributed by atoms with Gasteiger partial charge in [0, 0.05) is 19.4 Å². The Kier molecular flexibility index (Phi) is 3.22. The Morgan fingerprint density at radius 1 is 1.75 bits per heavy atom. The molecule has 0 aromatic carbocycles. The van der Waals surface area contributed by atoms with E-state index in [1.165, 1.54) is 0 Å². The first kappa shape index (κ1) is 9.19. The molecule has 0 radical (unpaired) electrons. The summed E-state index contributed by atoms with van der Waals surface area (Å²) in [6.45, 7) is 2.70. The van der Waals surface area contributed by atoms with Gasteiger partial charge < -0.3 is 10.1 Å². The minimum absolute atomic E-state index is 0.131. The van der Waals surface area contributed by atoms with Crippen molar-refractivity contribution in [2.24, 2.45) is 0 Å². The van der Waals surface area contributed by atoms with Crippen molar-refractivity contribution in [3.63, 3.8) is 0 Å². The van der Waals surface area contributed by atoms with Gasteiger partial charge in [-0.2, -0.15) is 0 Å². The zero-order valence-electron chi connectivity index (χ0n) is 7.13. The number of rotatable bonds is 2. The van der Waals surface area contributed by atoms with Gasteiger partial charge in [-0.05, 0) is 6.92 Å². The molecule has 0 spiro atoms. The number of Topliss-reactive ketones (excluding diaryl/α,β-unsaturated/α-hetero) is 1. The fraction of sp³-hybridized carbons (Fsp3) is 0.750. The molecule has 0 bridgehead atoms. The molecule has 1 heterocycles. The Hall–Kier alpha value is -0.900. The fourth-order valence-electron chi connectivity index (χ4n) is 1.20. The highest BCUT2D eigenvalue weighted by atomic mass is 16.5. The number of carbonyl (C=O) groups is 2. The Labute approximate surface area is 71.3 Å². The fourth-order valence-corrected chi connectivity index (χ4v) is 1.20. The maximum Gasteiger partial charge on any atom is 0.323 e. The molecule has 68 valence electrons. The van der Waals surface area contributed by atoms with Gasteiger partial charge in [0.1, 0.15) is 11.8 Å². The third-order valence-corrected chi connectivity index (χ3v) is 1.80. The Bertz CT molecular complexity index is 191. The second kappa shape index (κ2) is 4.21. The molecule has 12 heavy (non-hydrogen) atoms. The quantitative estimate of drug-likeness (QED) is 0.588. The lowest BCUT2D eigenvalue weighted by atomic mass is 10.0. The number of ether oxygens (including phenoxy) is 1. The Morgan fingerprint density at radius 2 is 2.50 bits per heavy atom. The molecule has 1 rings (SSSR count). The molecule has 4 heteroatoms. The van der Waals surface area contributed by atoms with Crippen LogP contribution in [0, 0.1) is 0 Å². The predicted molar refractivity (Wildman–Crippen MR) is 42.7 cm³/mol. The van der Waals surface area contributed by atoms with Crippen molar-refractivity contribution in [2.45, 2.75) is 25.8 Å². The summed E-state index contributed by atoms with van der Waals surface area (Å²) >= 11 is 0. The molecular weight excluding hydrogens is 158 g/mol. The van der Waals surface area contributed by atoms with Crippen LogP contribution >= 0.6 is 0 Å². The highest BCUT2D eigenvalue weighted by molar-refractivity contribution is 5.87. The molecule has 0 aromatic rings. The van der Waals surface area contributed by atoms with Crippen LogP contribution in [-0.4, -0.2) is 30.9 Å². The second-order valence-electron chi connectivity index (χ2n) is 2.75. The number of carbonyl (C=O) groups excluding carboxylic acids is 2. The molecule has 1 saturated heterocycles. The zero-order valence-corrected chi connectivity index (χ0v) is 7.13. The van der Waals surface area contributed by atoms with E-state index in [-0.39, 0.29) is 18.2 Å². The molecule has 0 unspecified atom stereocenters. The van der Waals surface area contributed by atoms with E-state index in [1.807, 2.05) is 0 Å². The van der Waals surface area contributed by atoms with E-state index < -0.39 is 6.04 Å². The number of piperidine rings is 1. The number of ketones is 1. The summed E-state index contributed by atoms with van der Waals surface area (Å²) in [5.74, 6) is -0.183. The van der Waals surface area contributed by atoms with Crippen LogP contribution in [-0.2, 0) is 14.3 Å². The van der Waals surface area contributed by atoms with Gasteiger partial charge in [0.2, 0.25) is 0 Å². The van der Waals surface area contributed by atoms with Crippen LogP contribution in [0.1, 0.15) is 19.8 Å². The maximum atomic E-state index is 11.1. The number of hydrogen-bond acceptors (Lipinski definition) is 4. The van der Waals surface area contributed by atoms with Crippen molar-refractivity contribution in [1.29, 1.82) is 0 Å². The second-order valence-corrected chi connectivity index (χ2v) is 2.75. The average Bonchev–Trinajstić information content (AvgIpc) is 2.05. The smallest absolute Gasteiger partial charge is 0.323 e. The van der Waals surface area contributed by atoms with Crippen molar-refractivity contribution in [3.8, 4) is 0 Å². The molecule has 0 aromatic heterocycles. The summed E-state index contributed by atoms with van der Waals surface area (Å²) in [7, 11) is 0. The van der Waals surface area contributed by atoms with E-state index in [9.17, 15) is 9.59 Å². The van der Waals surface area contributed by atoms with Crippen molar-refractivity contribution in [3.05, 3.63) is 0 Å². The third-order valence-electron chi connectivity index (χ3n) is 1.80. The monoisotopic (exact) mass is 171 g/mol. The van der Waals surface area contributed by atoms with Crippen molar-refractivity contribution < 1.29 is 14.3 Å². The molecular formula is C8H13NO3. The zero-order chi connectivity index (χ0) is 8.97. The van der Waals surface area contributed by atoms with Gasteiger partial charge in [-0.1, -0.05) is 0 Å². The lowest BCUT2D eigenvalue weighted by molar-refractivity contribution is -0.147. The molecule has 1 aliphatic heterocycles. The number of nitrogens with one attached hydrogen (secondary N) is 1. The molecule has 1 fully saturated rings. The number of hydrogen-bond donors (Lipinski definition) is 1. The summed E-state index contributed by atoms with van der Waals surface area (Å²) in [6.07, 6.45) is 0.800. The summed E-state index contributed by atoms with van der Waals surface area (Å²) in [4.78, 5) is 22.0. The molecule has 0 saturated carbocycles. The molecule has 1 atom stereocenters. The average molecular weight is 171 g/mol. The van der Waals surface area contributed by atoms with Crippen LogP contribution in [0.5, 0.6) is 0 Å². The SMILES string of the molecule is CCOC(=O)[C@H]1CC(=O)CCN1. The van der Waals surface area contributed by atoms with Gasteiger partial charge in [-0.15, -0.1) is 0 Å². The van der Waals surface area contributed by atoms with E-state index in [2.05, 4.69) is 5.32 Å². The molecule has 0 aliphatic carbocycles.